The van der Waals surface area contributed by atoms with E-state index in [1.54, 1.807) is 17.0 Å². The SMILES string of the molecule is COc1cc(C(=O)N(CCCc2ccccc2)Cc2nc(C(=O)CS(=O)(=O)CC(C)=O)cs2)cc(OC)c1C. The van der Waals surface area contributed by atoms with Gasteiger partial charge in [0.25, 0.3) is 5.91 Å². The first-order chi connectivity index (χ1) is 18.5. The molecule has 1 amide bonds. The van der Waals surface area contributed by atoms with E-state index >= 15 is 0 Å². The second-order valence-electron chi connectivity index (χ2n) is 9.11. The first-order valence-electron chi connectivity index (χ1n) is 12.3. The maximum Gasteiger partial charge on any atom is 0.254 e. The lowest BCUT2D eigenvalue weighted by molar-refractivity contribution is -0.114. The van der Waals surface area contributed by atoms with Gasteiger partial charge in [-0.3, -0.25) is 14.4 Å². The number of carbonyl (C=O) groups is 3. The number of nitrogens with zero attached hydrogens (tertiary/aromatic N) is 2. The van der Waals surface area contributed by atoms with Gasteiger partial charge in [-0.05, 0) is 44.4 Å². The number of aromatic nitrogens is 1. The summed E-state index contributed by atoms with van der Waals surface area (Å²) in [6.45, 7) is 3.55. The minimum atomic E-state index is -3.87. The molecule has 0 aliphatic rings. The molecule has 1 aromatic heterocycles. The molecule has 0 fully saturated rings. The number of ether oxygens (including phenoxy) is 2. The average molecular weight is 573 g/mol. The van der Waals surface area contributed by atoms with E-state index < -0.39 is 32.9 Å². The summed E-state index contributed by atoms with van der Waals surface area (Å²) in [6.07, 6.45) is 1.46. The van der Waals surface area contributed by atoms with Gasteiger partial charge in [0.05, 0.1) is 20.8 Å². The van der Waals surface area contributed by atoms with Crippen LogP contribution in [0, 0.1) is 6.92 Å². The Bertz CT molecular complexity index is 1410. The lowest BCUT2D eigenvalue weighted by Crippen LogP contribution is -2.32. The van der Waals surface area contributed by atoms with Crippen LogP contribution in [0.1, 0.15) is 50.3 Å². The standard InChI is InChI=1S/C28H32N2O7S2/c1-19(31)17-39(34,35)18-24(32)23-16-38-27(29-23)15-30(12-8-11-21-9-6-5-7-10-21)28(33)22-13-25(36-3)20(2)26(14-22)37-4/h5-7,9-10,13-14,16H,8,11-12,15,17-18H2,1-4H3. The summed E-state index contributed by atoms with van der Waals surface area (Å²) in [5.74, 6) is -1.91. The molecule has 208 valence electrons. The number of amides is 1. The zero-order valence-corrected chi connectivity index (χ0v) is 24.1. The molecule has 0 N–H and O–H groups in total. The number of sulfone groups is 1. The first kappa shape index (κ1) is 30.0. The quantitative estimate of drug-likeness (QED) is 0.267. The van der Waals surface area contributed by atoms with E-state index in [9.17, 15) is 22.8 Å². The topological polar surface area (TPSA) is 120 Å². The molecule has 39 heavy (non-hydrogen) atoms. The van der Waals surface area contributed by atoms with Crippen molar-refractivity contribution in [3.63, 3.8) is 0 Å². The Morgan fingerprint density at radius 1 is 1.00 bits per heavy atom. The Kier molecular flexibility index (Phi) is 10.4. The van der Waals surface area contributed by atoms with Gasteiger partial charge in [-0.1, -0.05) is 30.3 Å². The molecule has 0 unspecified atom stereocenters. The maximum absolute atomic E-state index is 13.7. The normalized spacial score (nSPS) is 11.2. The smallest absolute Gasteiger partial charge is 0.254 e. The number of carbonyl (C=O) groups excluding carboxylic acids is 3. The van der Waals surface area contributed by atoms with Crippen molar-refractivity contribution in [3.8, 4) is 11.5 Å². The molecule has 0 saturated carbocycles. The molecule has 0 aliphatic heterocycles. The first-order valence-corrected chi connectivity index (χ1v) is 15.0. The second kappa shape index (κ2) is 13.5. The summed E-state index contributed by atoms with van der Waals surface area (Å²) in [7, 11) is -0.817. The third-order valence-electron chi connectivity index (χ3n) is 5.96. The highest BCUT2D eigenvalue weighted by atomic mass is 32.2. The van der Waals surface area contributed by atoms with Crippen LogP contribution in [-0.2, 0) is 27.6 Å². The van der Waals surface area contributed by atoms with Crippen LogP contribution in [0.4, 0.5) is 0 Å². The van der Waals surface area contributed by atoms with Gasteiger partial charge in [0.15, 0.2) is 15.6 Å². The summed E-state index contributed by atoms with van der Waals surface area (Å²) in [5.41, 5.74) is 2.31. The van der Waals surface area contributed by atoms with E-state index in [0.717, 1.165) is 24.5 Å². The largest absolute Gasteiger partial charge is 0.496 e. The van der Waals surface area contributed by atoms with Crippen molar-refractivity contribution in [2.75, 3.05) is 32.3 Å². The van der Waals surface area contributed by atoms with Crippen LogP contribution < -0.4 is 9.47 Å². The van der Waals surface area contributed by atoms with Gasteiger partial charge >= 0.3 is 0 Å². The van der Waals surface area contributed by atoms with Crippen molar-refractivity contribution < 1.29 is 32.3 Å². The van der Waals surface area contributed by atoms with Crippen LogP contribution in [-0.4, -0.2) is 68.0 Å². The lowest BCUT2D eigenvalue weighted by atomic mass is 10.1. The predicted octanol–water partition coefficient (Wildman–Crippen LogP) is 3.93. The van der Waals surface area contributed by atoms with E-state index in [-0.39, 0.29) is 18.1 Å². The number of ketones is 2. The fourth-order valence-corrected chi connectivity index (χ4v) is 6.15. The molecule has 3 aromatic rings. The fourth-order valence-electron chi connectivity index (χ4n) is 4.07. The Hall–Kier alpha value is -3.57. The molecule has 11 heteroatoms. The van der Waals surface area contributed by atoms with E-state index in [1.807, 2.05) is 37.3 Å². The molecule has 0 radical (unpaired) electrons. The van der Waals surface area contributed by atoms with Gasteiger partial charge in [0, 0.05) is 23.1 Å². The summed E-state index contributed by atoms with van der Waals surface area (Å²) in [5, 5.41) is 1.97. The Morgan fingerprint density at radius 2 is 1.64 bits per heavy atom. The Balaban J connectivity index is 1.82. The number of methoxy groups -OCH3 is 2. The average Bonchev–Trinajstić information content (AvgIpc) is 3.36. The van der Waals surface area contributed by atoms with E-state index in [0.29, 0.717) is 35.0 Å². The zero-order chi connectivity index (χ0) is 28.6. The lowest BCUT2D eigenvalue weighted by Gasteiger charge is -2.23. The van der Waals surface area contributed by atoms with Gasteiger partial charge in [-0.2, -0.15) is 0 Å². The van der Waals surface area contributed by atoms with Crippen molar-refractivity contribution in [3.05, 3.63) is 75.2 Å². The second-order valence-corrected chi connectivity index (χ2v) is 12.1. The Labute approximate surface area is 232 Å². The molecule has 0 bridgehead atoms. The van der Waals surface area contributed by atoms with Crippen molar-refractivity contribution in [2.24, 2.45) is 0 Å². The Morgan fingerprint density at radius 3 is 2.23 bits per heavy atom. The summed E-state index contributed by atoms with van der Waals surface area (Å²) < 4.78 is 35.0. The fraction of sp³-hybridized carbons (Fsp3) is 0.357. The number of hydrogen-bond acceptors (Lipinski definition) is 9. The predicted molar refractivity (Wildman–Crippen MR) is 150 cm³/mol. The molecule has 2 aromatic carbocycles. The van der Waals surface area contributed by atoms with Gasteiger partial charge in [0.2, 0.25) is 0 Å². The molecule has 0 atom stereocenters. The third-order valence-corrected chi connectivity index (χ3v) is 8.34. The monoisotopic (exact) mass is 572 g/mol. The molecule has 9 nitrogen and oxygen atoms in total. The van der Waals surface area contributed by atoms with Gasteiger partial charge in [-0.25, -0.2) is 13.4 Å². The molecule has 0 aliphatic carbocycles. The maximum atomic E-state index is 13.7. The highest BCUT2D eigenvalue weighted by molar-refractivity contribution is 7.92. The number of benzene rings is 2. The van der Waals surface area contributed by atoms with Crippen LogP contribution in [0.3, 0.4) is 0 Å². The molecular weight excluding hydrogens is 540 g/mol. The van der Waals surface area contributed by atoms with Crippen molar-refractivity contribution in [1.29, 1.82) is 0 Å². The minimum absolute atomic E-state index is 0.00233. The highest BCUT2D eigenvalue weighted by Crippen LogP contribution is 2.30. The molecule has 0 spiro atoms. The number of Topliss-reactive ketones (excluding diaryl/α,β-unsaturated/α-hetero) is 2. The van der Waals surface area contributed by atoms with Crippen molar-refractivity contribution in [1.82, 2.24) is 9.88 Å². The van der Waals surface area contributed by atoms with E-state index in [4.69, 9.17) is 9.47 Å². The zero-order valence-electron chi connectivity index (χ0n) is 22.4. The number of thiazole rings is 1. The van der Waals surface area contributed by atoms with Gasteiger partial charge in [0.1, 0.15) is 39.5 Å². The summed E-state index contributed by atoms with van der Waals surface area (Å²) in [4.78, 5) is 43.4. The van der Waals surface area contributed by atoms with Crippen LogP contribution >= 0.6 is 11.3 Å². The van der Waals surface area contributed by atoms with Crippen LogP contribution in [0.2, 0.25) is 0 Å². The molecular formula is C28H32N2O7S2. The van der Waals surface area contributed by atoms with Crippen LogP contribution in [0.15, 0.2) is 47.8 Å². The third kappa shape index (κ3) is 8.46. The highest BCUT2D eigenvalue weighted by Gasteiger charge is 2.24. The van der Waals surface area contributed by atoms with Gasteiger partial charge < -0.3 is 14.4 Å². The number of rotatable bonds is 14. The summed E-state index contributed by atoms with van der Waals surface area (Å²) in [6, 6.07) is 13.3. The van der Waals surface area contributed by atoms with Crippen LogP contribution in [0.5, 0.6) is 11.5 Å². The van der Waals surface area contributed by atoms with Crippen molar-refractivity contribution in [2.45, 2.75) is 33.2 Å². The van der Waals surface area contributed by atoms with E-state index in [2.05, 4.69) is 4.98 Å². The summed E-state index contributed by atoms with van der Waals surface area (Å²) >= 11 is 1.17. The van der Waals surface area contributed by atoms with Crippen molar-refractivity contribution >= 4 is 38.6 Å². The van der Waals surface area contributed by atoms with Gasteiger partial charge in [-0.15, -0.1) is 11.3 Å². The minimum Gasteiger partial charge on any atom is -0.496 e. The molecule has 1 heterocycles. The number of aryl methyl sites for hydroxylation is 1. The molecule has 0 saturated heterocycles. The van der Waals surface area contributed by atoms with E-state index in [1.165, 1.54) is 30.9 Å². The number of hydrogen-bond donors (Lipinski definition) is 0. The van der Waals surface area contributed by atoms with Crippen LogP contribution in [0.25, 0.3) is 0 Å². The molecule has 3 rings (SSSR count).